The quantitative estimate of drug-likeness (QED) is 0.325. The second kappa shape index (κ2) is 10.1. The minimum atomic E-state index is -1.03. The number of ether oxygens (including phenoxy) is 1. The molecule has 0 spiro atoms. The average molecular weight is 556 g/mol. The van der Waals surface area contributed by atoms with Crippen LogP contribution in [0.25, 0.3) is 6.08 Å². The molecule has 0 saturated carbocycles. The number of aromatic carboxylic acids is 1. The van der Waals surface area contributed by atoms with Gasteiger partial charge in [0, 0.05) is 15.1 Å². The van der Waals surface area contributed by atoms with E-state index in [1.807, 2.05) is 0 Å². The zero-order chi connectivity index (χ0) is 25.1. The van der Waals surface area contributed by atoms with Gasteiger partial charge in [-0.25, -0.2) is 14.5 Å². The highest BCUT2D eigenvalue weighted by Crippen LogP contribution is 2.29. The molecule has 1 saturated heterocycles. The van der Waals surface area contributed by atoms with Crippen molar-refractivity contribution in [3.8, 4) is 5.75 Å². The maximum Gasteiger partial charge on any atom is 0.335 e. The molecule has 35 heavy (non-hydrogen) atoms. The number of halogens is 2. The van der Waals surface area contributed by atoms with Gasteiger partial charge >= 0.3 is 12.0 Å². The summed E-state index contributed by atoms with van der Waals surface area (Å²) in [7, 11) is 0. The van der Waals surface area contributed by atoms with Gasteiger partial charge < -0.3 is 9.84 Å². The van der Waals surface area contributed by atoms with Gasteiger partial charge in [-0.05, 0) is 60.2 Å². The van der Waals surface area contributed by atoms with Crippen LogP contribution < -0.4 is 15.0 Å². The molecule has 0 aromatic heterocycles. The number of carbonyl (C=O) groups excluding carboxylic acids is 3. The number of carbonyl (C=O) groups is 4. The molecule has 1 heterocycles. The van der Waals surface area contributed by atoms with E-state index in [0.717, 1.165) is 10.5 Å². The second-order valence-corrected chi connectivity index (χ2v) is 8.76. The summed E-state index contributed by atoms with van der Waals surface area (Å²) in [6.45, 7) is 0.116. The van der Waals surface area contributed by atoms with Crippen LogP contribution >= 0.6 is 27.5 Å². The molecule has 0 radical (unpaired) electrons. The predicted molar refractivity (Wildman–Crippen MR) is 132 cm³/mol. The molecule has 1 aliphatic rings. The van der Waals surface area contributed by atoms with Crippen molar-refractivity contribution < 1.29 is 29.0 Å². The van der Waals surface area contributed by atoms with Crippen LogP contribution in [0.15, 0.2) is 76.8 Å². The standard InChI is InChI=1S/C25H16BrClN2O6/c26-17-8-9-21(35-13-14-4-6-15(7-5-14)24(32)33)16(10-17)11-20-22(30)28-25(34)29(23(20)31)19-3-1-2-18(27)12-19/h1-12H,13H2,(H,32,33)(H,28,30,34)/b20-11+. The molecular formula is C25H16BrClN2O6. The molecule has 4 amide bonds. The van der Waals surface area contributed by atoms with Gasteiger partial charge in [-0.15, -0.1) is 0 Å². The lowest BCUT2D eigenvalue weighted by Crippen LogP contribution is -2.54. The van der Waals surface area contributed by atoms with Crippen molar-refractivity contribution in [1.82, 2.24) is 5.32 Å². The molecule has 0 aliphatic carbocycles. The highest BCUT2D eigenvalue weighted by Gasteiger charge is 2.37. The fourth-order valence-electron chi connectivity index (χ4n) is 3.33. The van der Waals surface area contributed by atoms with Crippen LogP contribution in [-0.4, -0.2) is 28.9 Å². The Morgan fingerprint density at radius 2 is 1.80 bits per heavy atom. The van der Waals surface area contributed by atoms with E-state index in [-0.39, 0.29) is 23.4 Å². The first-order valence-electron chi connectivity index (χ1n) is 10.1. The summed E-state index contributed by atoms with van der Waals surface area (Å²) in [5.41, 5.74) is 1.25. The Hall–Kier alpha value is -3.95. The molecule has 8 nitrogen and oxygen atoms in total. The van der Waals surface area contributed by atoms with Crippen LogP contribution in [-0.2, 0) is 16.2 Å². The third-order valence-electron chi connectivity index (χ3n) is 5.03. The number of carboxylic acids is 1. The summed E-state index contributed by atoms with van der Waals surface area (Å²) < 4.78 is 6.56. The molecular weight excluding hydrogens is 540 g/mol. The van der Waals surface area contributed by atoms with Gasteiger partial charge in [-0.2, -0.15) is 0 Å². The first-order valence-corrected chi connectivity index (χ1v) is 11.3. The minimum absolute atomic E-state index is 0.116. The minimum Gasteiger partial charge on any atom is -0.488 e. The van der Waals surface area contributed by atoms with Crippen molar-refractivity contribution in [2.24, 2.45) is 0 Å². The molecule has 3 aromatic rings. The summed E-state index contributed by atoms with van der Waals surface area (Å²) >= 11 is 9.37. The van der Waals surface area contributed by atoms with Crippen LogP contribution in [0.3, 0.4) is 0 Å². The SMILES string of the molecule is O=C1NC(=O)N(c2cccc(Cl)c2)C(=O)/C1=C/c1cc(Br)ccc1OCc1ccc(C(=O)O)cc1. The zero-order valence-corrected chi connectivity index (χ0v) is 20.2. The maximum atomic E-state index is 13.2. The number of nitrogens with zero attached hydrogens (tertiary/aromatic N) is 1. The number of rotatable bonds is 6. The molecule has 4 rings (SSSR count). The van der Waals surface area contributed by atoms with Gasteiger partial charge in [0.2, 0.25) is 0 Å². The van der Waals surface area contributed by atoms with Gasteiger partial charge in [0.25, 0.3) is 11.8 Å². The van der Waals surface area contributed by atoms with Crippen LogP contribution in [0.4, 0.5) is 10.5 Å². The molecule has 3 aromatic carbocycles. The number of barbiturate groups is 1. The van der Waals surface area contributed by atoms with Crippen LogP contribution in [0.1, 0.15) is 21.5 Å². The lowest BCUT2D eigenvalue weighted by atomic mass is 10.1. The van der Waals surface area contributed by atoms with Gasteiger partial charge in [-0.3, -0.25) is 14.9 Å². The Labute approximate surface area is 212 Å². The Morgan fingerprint density at radius 1 is 1.06 bits per heavy atom. The fraction of sp³-hybridized carbons (Fsp3) is 0.0400. The van der Waals surface area contributed by atoms with Crippen molar-refractivity contribution in [3.05, 3.63) is 98.5 Å². The second-order valence-electron chi connectivity index (χ2n) is 7.41. The van der Waals surface area contributed by atoms with E-state index in [1.54, 1.807) is 42.5 Å². The summed E-state index contributed by atoms with van der Waals surface area (Å²) in [6, 6.07) is 16.5. The van der Waals surface area contributed by atoms with E-state index in [0.29, 0.717) is 20.8 Å². The lowest BCUT2D eigenvalue weighted by Gasteiger charge is -2.26. The molecule has 176 valence electrons. The molecule has 0 bridgehead atoms. The summed E-state index contributed by atoms with van der Waals surface area (Å²) in [4.78, 5) is 50.0. The third kappa shape index (κ3) is 5.42. The maximum absolute atomic E-state index is 13.2. The third-order valence-corrected chi connectivity index (χ3v) is 5.76. The van der Waals surface area contributed by atoms with Gasteiger partial charge in [0.1, 0.15) is 17.9 Å². The smallest absolute Gasteiger partial charge is 0.335 e. The first-order chi connectivity index (χ1) is 16.7. The lowest BCUT2D eigenvalue weighted by molar-refractivity contribution is -0.122. The van der Waals surface area contributed by atoms with Crippen LogP contribution in [0.5, 0.6) is 5.75 Å². The molecule has 10 heteroatoms. The normalized spacial score (nSPS) is 14.7. The van der Waals surface area contributed by atoms with E-state index < -0.39 is 23.8 Å². The highest BCUT2D eigenvalue weighted by molar-refractivity contribution is 9.10. The Bertz CT molecular complexity index is 1390. The van der Waals surface area contributed by atoms with Crippen molar-refractivity contribution in [1.29, 1.82) is 0 Å². The van der Waals surface area contributed by atoms with E-state index in [2.05, 4.69) is 21.2 Å². The van der Waals surface area contributed by atoms with Gasteiger partial charge in [-0.1, -0.05) is 45.7 Å². The summed E-state index contributed by atoms with van der Waals surface area (Å²) in [5.74, 6) is -2.31. The number of amides is 4. The van der Waals surface area contributed by atoms with Crippen molar-refractivity contribution in [3.63, 3.8) is 0 Å². The van der Waals surface area contributed by atoms with Gasteiger partial charge in [0.05, 0.1) is 11.3 Å². The van der Waals surface area contributed by atoms with E-state index in [1.165, 1.54) is 30.3 Å². The largest absolute Gasteiger partial charge is 0.488 e. The number of imide groups is 2. The van der Waals surface area contributed by atoms with Crippen LogP contribution in [0, 0.1) is 0 Å². The number of urea groups is 1. The van der Waals surface area contributed by atoms with E-state index >= 15 is 0 Å². The fourth-order valence-corrected chi connectivity index (χ4v) is 3.89. The van der Waals surface area contributed by atoms with E-state index in [9.17, 15) is 19.2 Å². The topological polar surface area (TPSA) is 113 Å². The number of nitrogens with one attached hydrogen (secondary N) is 1. The van der Waals surface area contributed by atoms with E-state index in [4.69, 9.17) is 21.4 Å². The number of anilines is 1. The molecule has 2 N–H and O–H groups in total. The Balaban J connectivity index is 1.64. The Kier molecular flexibility index (Phi) is 6.99. The molecule has 0 atom stereocenters. The number of carboxylic acid groups (broad SMARTS) is 1. The average Bonchev–Trinajstić information content (AvgIpc) is 2.81. The molecule has 1 aliphatic heterocycles. The molecule has 1 fully saturated rings. The summed E-state index contributed by atoms with van der Waals surface area (Å²) in [5, 5.41) is 11.5. The predicted octanol–water partition coefficient (Wildman–Crippen LogP) is 5.05. The first kappa shape index (κ1) is 24.2. The number of benzene rings is 3. The van der Waals surface area contributed by atoms with Crippen molar-refractivity contribution in [2.75, 3.05) is 4.90 Å². The zero-order valence-electron chi connectivity index (χ0n) is 17.8. The van der Waals surface area contributed by atoms with Gasteiger partial charge in [0.15, 0.2) is 0 Å². The summed E-state index contributed by atoms with van der Waals surface area (Å²) in [6.07, 6.45) is 1.34. The number of hydrogen-bond acceptors (Lipinski definition) is 5. The van der Waals surface area contributed by atoms with Crippen LogP contribution in [0.2, 0.25) is 5.02 Å². The van der Waals surface area contributed by atoms with Crippen molar-refractivity contribution in [2.45, 2.75) is 6.61 Å². The number of hydrogen-bond donors (Lipinski definition) is 2. The Morgan fingerprint density at radius 3 is 2.49 bits per heavy atom. The monoisotopic (exact) mass is 554 g/mol. The van der Waals surface area contributed by atoms with Crippen molar-refractivity contribution >= 4 is 63.1 Å². The molecule has 0 unspecified atom stereocenters. The highest BCUT2D eigenvalue weighted by atomic mass is 79.9.